The molecule has 5 heteroatoms. The Labute approximate surface area is 140 Å². The molecule has 1 aliphatic heterocycles. The zero-order valence-electron chi connectivity index (χ0n) is 13.2. The molecule has 2 atom stereocenters. The maximum absolute atomic E-state index is 13.0. The number of likely N-dealkylation sites (tertiary alicyclic amines) is 1. The van der Waals surface area contributed by atoms with E-state index >= 15 is 0 Å². The highest BCUT2D eigenvalue weighted by Gasteiger charge is 2.38. The molecule has 1 amide bonds. The van der Waals surface area contributed by atoms with Gasteiger partial charge in [-0.15, -0.1) is 0 Å². The molecule has 0 radical (unpaired) electrons. The molecule has 1 aliphatic rings. The van der Waals surface area contributed by atoms with Gasteiger partial charge in [0.15, 0.2) is 0 Å². The van der Waals surface area contributed by atoms with E-state index in [-0.39, 0.29) is 5.91 Å². The standard InChI is InChI=1S/C19H19NO4/c21-18(20-13-7-12-16(20)19(22)23)17(14-8-3-1-4-9-14)24-15-10-5-2-6-11-15/h1-6,8-11,16-17H,7,12-13H2,(H,22,23). The predicted molar refractivity (Wildman–Crippen MR) is 88.6 cm³/mol. The van der Waals surface area contributed by atoms with E-state index in [1.807, 2.05) is 48.5 Å². The second kappa shape index (κ2) is 7.17. The number of carbonyl (C=O) groups excluding carboxylic acids is 1. The van der Waals surface area contributed by atoms with Gasteiger partial charge in [-0.25, -0.2) is 4.79 Å². The molecule has 1 fully saturated rings. The molecule has 0 aromatic heterocycles. The smallest absolute Gasteiger partial charge is 0.326 e. The van der Waals surface area contributed by atoms with Crippen LogP contribution >= 0.6 is 0 Å². The second-order valence-electron chi connectivity index (χ2n) is 5.75. The summed E-state index contributed by atoms with van der Waals surface area (Å²) in [6, 6.07) is 17.5. The van der Waals surface area contributed by atoms with Crippen LogP contribution in [0.5, 0.6) is 5.75 Å². The summed E-state index contributed by atoms with van der Waals surface area (Å²) in [5, 5.41) is 9.34. The van der Waals surface area contributed by atoms with Crippen LogP contribution in [0, 0.1) is 0 Å². The van der Waals surface area contributed by atoms with Gasteiger partial charge in [-0.2, -0.15) is 0 Å². The summed E-state index contributed by atoms with van der Waals surface area (Å²) in [4.78, 5) is 25.8. The minimum atomic E-state index is -0.965. The third kappa shape index (κ3) is 3.40. The van der Waals surface area contributed by atoms with Crippen LogP contribution in [0.15, 0.2) is 60.7 Å². The number of hydrogen-bond acceptors (Lipinski definition) is 3. The normalized spacial score (nSPS) is 18.2. The van der Waals surface area contributed by atoms with Gasteiger partial charge in [-0.1, -0.05) is 48.5 Å². The van der Waals surface area contributed by atoms with Crippen molar-refractivity contribution in [3.8, 4) is 5.75 Å². The van der Waals surface area contributed by atoms with Gasteiger partial charge in [-0.3, -0.25) is 4.79 Å². The Hall–Kier alpha value is -2.82. The Balaban J connectivity index is 1.89. The zero-order valence-corrected chi connectivity index (χ0v) is 13.2. The topological polar surface area (TPSA) is 66.8 Å². The number of aliphatic carboxylic acids is 1. The first kappa shape index (κ1) is 16.1. The first-order valence-electron chi connectivity index (χ1n) is 7.97. The van der Waals surface area contributed by atoms with E-state index < -0.39 is 18.1 Å². The van der Waals surface area contributed by atoms with E-state index in [1.165, 1.54) is 4.90 Å². The Morgan fingerprint density at radius 3 is 2.29 bits per heavy atom. The molecule has 1 N–H and O–H groups in total. The number of rotatable bonds is 5. The van der Waals surface area contributed by atoms with Gasteiger partial charge >= 0.3 is 5.97 Å². The molecule has 0 saturated carbocycles. The lowest BCUT2D eigenvalue weighted by molar-refractivity contribution is -0.151. The van der Waals surface area contributed by atoms with Crippen LogP contribution in [0.4, 0.5) is 0 Å². The highest BCUT2D eigenvalue weighted by Crippen LogP contribution is 2.27. The molecule has 2 aromatic rings. The van der Waals surface area contributed by atoms with E-state index in [1.54, 1.807) is 12.1 Å². The Bertz CT molecular complexity index is 702. The van der Waals surface area contributed by atoms with Crippen molar-refractivity contribution in [3.05, 3.63) is 66.2 Å². The molecule has 2 aromatic carbocycles. The molecule has 0 spiro atoms. The summed E-state index contributed by atoms with van der Waals surface area (Å²) in [5.74, 6) is -0.701. The summed E-state index contributed by atoms with van der Waals surface area (Å²) in [6.07, 6.45) is 0.317. The maximum Gasteiger partial charge on any atom is 0.326 e. The summed E-state index contributed by atoms with van der Waals surface area (Å²) in [6.45, 7) is 0.442. The lowest BCUT2D eigenvalue weighted by atomic mass is 10.1. The number of hydrogen-bond donors (Lipinski definition) is 1. The average molecular weight is 325 g/mol. The molecule has 3 rings (SSSR count). The number of nitrogens with zero attached hydrogens (tertiary/aromatic N) is 1. The lowest BCUT2D eigenvalue weighted by Gasteiger charge is -2.27. The van der Waals surface area contributed by atoms with Crippen molar-refractivity contribution in [2.24, 2.45) is 0 Å². The molecule has 5 nitrogen and oxygen atoms in total. The molecule has 24 heavy (non-hydrogen) atoms. The van der Waals surface area contributed by atoms with Gasteiger partial charge in [0.25, 0.3) is 5.91 Å². The quantitative estimate of drug-likeness (QED) is 0.918. The highest BCUT2D eigenvalue weighted by atomic mass is 16.5. The molecule has 2 unspecified atom stereocenters. The molecule has 0 aliphatic carbocycles. The first-order chi connectivity index (χ1) is 11.7. The van der Waals surface area contributed by atoms with Crippen molar-refractivity contribution < 1.29 is 19.4 Å². The Kier molecular flexibility index (Phi) is 4.79. The van der Waals surface area contributed by atoms with E-state index in [0.717, 1.165) is 0 Å². The van der Waals surface area contributed by atoms with Crippen molar-refractivity contribution in [2.75, 3.05) is 6.54 Å². The molecule has 1 saturated heterocycles. The van der Waals surface area contributed by atoms with E-state index in [0.29, 0.717) is 30.7 Å². The third-order valence-electron chi connectivity index (χ3n) is 4.14. The van der Waals surface area contributed by atoms with Crippen molar-refractivity contribution in [1.82, 2.24) is 4.90 Å². The van der Waals surface area contributed by atoms with Crippen molar-refractivity contribution in [2.45, 2.75) is 25.0 Å². The SMILES string of the molecule is O=C(O)C1CCCN1C(=O)C(Oc1ccccc1)c1ccccc1. The van der Waals surface area contributed by atoms with Gasteiger partial charge in [0.2, 0.25) is 6.10 Å². The van der Waals surface area contributed by atoms with Crippen LogP contribution in [0.1, 0.15) is 24.5 Å². The number of ether oxygens (including phenoxy) is 1. The first-order valence-corrected chi connectivity index (χ1v) is 7.97. The molecule has 124 valence electrons. The van der Waals surface area contributed by atoms with Crippen LogP contribution in [0.3, 0.4) is 0 Å². The van der Waals surface area contributed by atoms with Gasteiger partial charge < -0.3 is 14.7 Å². The van der Waals surface area contributed by atoms with Crippen LogP contribution in [0.25, 0.3) is 0 Å². The number of carboxylic acids is 1. The fourth-order valence-electron chi connectivity index (χ4n) is 2.96. The van der Waals surface area contributed by atoms with Crippen LogP contribution in [-0.2, 0) is 9.59 Å². The minimum Gasteiger partial charge on any atom is -0.480 e. The van der Waals surface area contributed by atoms with Crippen LogP contribution in [-0.4, -0.2) is 34.5 Å². The van der Waals surface area contributed by atoms with Gasteiger partial charge in [0.1, 0.15) is 11.8 Å². The Morgan fingerprint density at radius 2 is 1.67 bits per heavy atom. The molecule has 1 heterocycles. The Morgan fingerprint density at radius 1 is 1.04 bits per heavy atom. The molecular weight excluding hydrogens is 306 g/mol. The van der Waals surface area contributed by atoms with Gasteiger partial charge in [0, 0.05) is 12.1 Å². The van der Waals surface area contributed by atoms with Crippen LogP contribution in [0.2, 0.25) is 0 Å². The predicted octanol–water partition coefficient (Wildman–Crippen LogP) is 2.88. The number of carbonyl (C=O) groups is 2. The van der Waals surface area contributed by atoms with E-state index in [9.17, 15) is 14.7 Å². The third-order valence-corrected chi connectivity index (χ3v) is 4.14. The number of carboxylic acid groups (broad SMARTS) is 1. The number of amides is 1. The monoisotopic (exact) mass is 325 g/mol. The van der Waals surface area contributed by atoms with E-state index in [4.69, 9.17) is 4.74 Å². The van der Waals surface area contributed by atoms with Crippen molar-refractivity contribution >= 4 is 11.9 Å². The van der Waals surface area contributed by atoms with Gasteiger partial charge in [0.05, 0.1) is 0 Å². The molecule has 0 bridgehead atoms. The van der Waals surface area contributed by atoms with Crippen molar-refractivity contribution in [3.63, 3.8) is 0 Å². The maximum atomic E-state index is 13.0. The zero-order chi connectivity index (χ0) is 16.9. The summed E-state index contributed by atoms with van der Waals surface area (Å²) in [7, 11) is 0. The fourth-order valence-corrected chi connectivity index (χ4v) is 2.96. The summed E-state index contributed by atoms with van der Waals surface area (Å²) in [5.41, 5.74) is 0.711. The minimum absolute atomic E-state index is 0.310. The summed E-state index contributed by atoms with van der Waals surface area (Å²) >= 11 is 0. The largest absolute Gasteiger partial charge is 0.480 e. The lowest BCUT2D eigenvalue weighted by Crippen LogP contribution is -2.44. The number of para-hydroxylation sites is 1. The average Bonchev–Trinajstić information content (AvgIpc) is 3.11. The number of benzene rings is 2. The summed E-state index contributed by atoms with van der Waals surface area (Å²) < 4.78 is 5.92. The van der Waals surface area contributed by atoms with Crippen LogP contribution < -0.4 is 4.74 Å². The van der Waals surface area contributed by atoms with Crippen molar-refractivity contribution in [1.29, 1.82) is 0 Å². The van der Waals surface area contributed by atoms with Gasteiger partial charge in [-0.05, 0) is 25.0 Å². The second-order valence-corrected chi connectivity index (χ2v) is 5.75. The van der Waals surface area contributed by atoms with E-state index in [2.05, 4.69) is 0 Å². The fraction of sp³-hybridized carbons (Fsp3) is 0.263. The molecular formula is C19H19NO4. The highest BCUT2D eigenvalue weighted by molar-refractivity contribution is 5.88.